The van der Waals surface area contributed by atoms with E-state index >= 15 is 0 Å². The van der Waals surface area contributed by atoms with Crippen LogP contribution in [0, 0.1) is 6.92 Å². The first-order valence-electron chi connectivity index (χ1n) is 9.02. The lowest BCUT2D eigenvalue weighted by Crippen LogP contribution is -2.32. The van der Waals surface area contributed by atoms with Gasteiger partial charge in [-0.2, -0.15) is 0 Å². The Labute approximate surface area is 149 Å². The highest BCUT2D eigenvalue weighted by molar-refractivity contribution is 5.91. The Bertz CT molecular complexity index is 916. The molecule has 0 bridgehead atoms. The van der Waals surface area contributed by atoms with Gasteiger partial charge >= 0.3 is 0 Å². The lowest BCUT2D eigenvalue weighted by molar-refractivity contribution is 0.542. The van der Waals surface area contributed by atoms with Gasteiger partial charge in [-0.3, -0.25) is 0 Å². The fourth-order valence-electron chi connectivity index (χ4n) is 3.71. The summed E-state index contributed by atoms with van der Waals surface area (Å²) in [5.74, 6) is 0. The monoisotopic (exact) mass is 328 g/mol. The first-order valence-corrected chi connectivity index (χ1v) is 9.02. The molecule has 2 heterocycles. The average Bonchev–Trinajstić information content (AvgIpc) is 3.05. The van der Waals surface area contributed by atoms with Gasteiger partial charge in [0.15, 0.2) is 0 Å². The summed E-state index contributed by atoms with van der Waals surface area (Å²) in [7, 11) is 0. The normalized spacial score (nSPS) is 18.0. The largest absolute Gasteiger partial charge is 0.361 e. The van der Waals surface area contributed by atoms with Crippen LogP contribution < -0.4 is 5.32 Å². The molecule has 1 aliphatic rings. The van der Waals surface area contributed by atoms with Gasteiger partial charge in [0.2, 0.25) is 0 Å². The number of hydrogen-bond donors (Lipinski definition) is 2. The molecule has 25 heavy (non-hydrogen) atoms. The van der Waals surface area contributed by atoms with E-state index in [1.54, 1.807) is 0 Å². The average molecular weight is 328 g/mol. The van der Waals surface area contributed by atoms with Crippen molar-refractivity contribution in [2.75, 3.05) is 6.54 Å². The van der Waals surface area contributed by atoms with E-state index in [4.69, 9.17) is 0 Å². The van der Waals surface area contributed by atoms with Crippen LogP contribution in [0.2, 0.25) is 0 Å². The van der Waals surface area contributed by atoms with E-state index in [1.165, 1.54) is 33.2 Å². The van der Waals surface area contributed by atoms with Gasteiger partial charge in [-0.15, -0.1) is 0 Å². The predicted molar refractivity (Wildman–Crippen MR) is 108 cm³/mol. The Kier molecular flexibility index (Phi) is 4.53. The molecule has 0 fully saturated rings. The van der Waals surface area contributed by atoms with E-state index in [-0.39, 0.29) is 0 Å². The van der Waals surface area contributed by atoms with Crippen molar-refractivity contribution >= 4 is 22.6 Å². The second-order valence-corrected chi connectivity index (χ2v) is 6.78. The highest BCUT2D eigenvalue weighted by Crippen LogP contribution is 2.25. The summed E-state index contributed by atoms with van der Waals surface area (Å²) >= 11 is 0. The van der Waals surface area contributed by atoms with Crippen LogP contribution in [0.15, 0.2) is 66.9 Å². The molecule has 2 aromatic carbocycles. The van der Waals surface area contributed by atoms with Crippen LogP contribution in [0.4, 0.5) is 0 Å². The molecular weight excluding hydrogens is 304 g/mol. The van der Waals surface area contributed by atoms with Crippen molar-refractivity contribution in [1.29, 1.82) is 0 Å². The molecule has 4 rings (SSSR count). The van der Waals surface area contributed by atoms with Crippen molar-refractivity contribution in [3.8, 4) is 0 Å². The number of aryl methyl sites for hydroxylation is 1. The van der Waals surface area contributed by atoms with E-state index < -0.39 is 0 Å². The Morgan fingerprint density at radius 3 is 2.84 bits per heavy atom. The molecule has 0 amide bonds. The van der Waals surface area contributed by atoms with E-state index in [1.807, 2.05) is 0 Å². The SMILES string of the molecule is Cc1c[nH]c2cccc(C=CCC3CC(c4ccccc4)=CCN3)c12. The van der Waals surface area contributed by atoms with Crippen LogP contribution >= 0.6 is 0 Å². The summed E-state index contributed by atoms with van der Waals surface area (Å²) in [6.07, 6.45) is 11.1. The number of fused-ring (bicyclic) bond motifs is 1. The molecule has 1 unspecified atom stereocenters. The van der Waals surface area contributed by atoms with Crippen LogP contribution in [0.25, 0.3) is 22.6 Å². The van der Waals surface area contributed by atoms with Crippen molar-refractivity contribution in [1.82, 2.24) is 10.3 Å². The molecule has 0 radical (unpaired) electrons. The molecule has 0 saturated carbocycles. The highest BCUT2D eigenvalue weighted by Gasteiger charge is 2.14. The number of hydrogen-bond acceptors (Lipinski definition) is 1. The molecule has 1 aromatic heterocycles. The van der Waals surface area contributed by atoms with Gasteiger partial charge in [-0.1, -0.05) is 60.7 Å². The van der Waals surface area contributed by atoms with E-state index in [9.17, 15) is 0 Å². The second kappa shape index (κ2) is 7.12. The quantitative estimate of drug-likeness (QED) is 0.666. The van der Waals surface area contributed by atoms with Crippen molar-refractivity contribution in [2.45, 2.75) is 25.8 Å². The highest BCUT2D eigenvalue weighted by atomic mass is 14.9. The van der Waals surface area contributed by atoms with Gasteiger partial charge in [0, 0.05) is 29.7 Å². The van der Waals surface area contributed by atoms with Gasteiger partial charge < -0.3 is 10.3 Å². The first-order chi connectivity index (χ1) is 12.3. The molecular formula is C23H24N2. The van der Waals surface area contributed by atoms with Gasteiger partial charge in [0.1, 0.15) is 0 Å². The lowest BCUT2D eigenvalue weighted by Gasteiger charge is -2.23. The molecule has 126 valence electrons. The molecule has 2 heteroatoms. The number of aromatic amines is 1. The maximum atomic E-state index is 3.61. The van der Waals surface area contributed by atoms with Crippen LogP contribution in [0.3, 0.4) is 0 Å². The minimum atomic E-state index is 0.503. The molecule has 1 aliphatic heterocycles. The summed E-state index contributed by atoms with van der Waals surface area (Å²) in [5, 5.41) is 4.95. The number of H-pyrrole nitrogens is 1. The maximum absolute atomic E-state index is 3.61. The van der Waals surface area contributed by atoms with E-state index in [0.29, 0.717) is 6.04 Å². The molecule has 2 N–H and O–H groups in total. The smallest absolute Gasteiger partial charge is 0.0462 e. The van der Waals surface area contributed by atoms with Crippen molar-refractivity contribution in [3.05, 3.63) is 83.6 Å². The van der Waals surface area contributed by atoms with E-state index in [0.717, 1.165) is 19.4 Å². The van der Waals surface area contributed by atoms with Crippen LogP contribution in [0.1, 0.15) is 29.5 Å². The zero-order valence-electron chi connectivity index (χ0n) is 14.6. The maximum Gasteiger partial charge on any atom is 0.0462 e. The minimum absolute atomic E-state index is 0.503. The van der Waals surface area contributed by atoms with Gasteiger partial charge in [0.25, 0.3) is 0 Å². The Morgan fingerprint density at radius 1 is 1.08 bits per heavy atom. The van der Waals surface area contributed by atoms with Crippen LogP contribution in [-0.2, 0) is 0 Å². The van der Waals surface area contributed by atoms with Gasteiger partial charge in [-0.25, -0.2) is 0 Å². The molecule has 1 atom stereocenters. The van der Waals surface area contributed by atoms with Gasteiger partial charge in [-0.05, 0) is 48.1 Å². The van der Waals surface area contributed by atoms with Crippen LogP contribution in [0.5, 0.6) is 0 Å². The molecule has 0 aliphatic carbocycles. The van der Waals surface area contributed by atoms with Crippen molar-refractivity contribution < 1.29 is 0 Å². The third kappa shape index (κ3) is 3.45. The van der Waals surface area contributed by atoms with Gasteiger partial charge in [0.05, 0.1) is 0 Å². The summed E-state index contributed by atoms with van der Waals surface area (Å²) in [6.45, 7) is 3.12. The van der Waals surface area contributed by atoms with Crippen LogP contribution in [-0.4, -0.2) is 17.6 Å². The third-order valence-corrected chi connectivity index (χ3v) is 5.02. The fourth-order valence-corrected chi connectivity index (χ4v) is 3.71. The minimum Gasteiger partial charge on any atom is -0.361 e. The molecule has 0 saturated heterocycles. The fraction of sp³-hybridized carbons (Fsp3) is 0.217. The standard InChI is InChI=1S/C23H24N2/c1-17-16-25-22-12-6-10-19(23(17)22)9-5-11-21-15-20(13-14-24-21)18-7-3-2-4-8-18/h2-10,12-13,16,21,24-25H,11,14-15H2,1H3. The zero-order chi connectivity index (χ0) is 17.1. The summed E-state index contributed by atoms with van der Waals surface area (Å²) in [4.78, 5) is 3.34. The molecule has 2 nitrogen and oxygen atoms in total. The number of rotatable bonds is 4. The summed E-state index contributed by atoms with van der Waals surface area (Å²) in [5.41, 5.74) is 6.63. The number of benzene rings is 2. The lowest BCUT2D eigenvalue weighted by atomic mass is 9.93. The molecule has 3 aromatic rings. The zero-order valence-corrected chi connectivity index (χ0v) is 14.6. The summed E-state index contributed by atoms with van der Waals surface area (Å²) < 4.78 is 0. The first kappa shape index (κ1) is 15.9. The van der Waals surface area contributed by atoms with Crippen molar-refractivity contribution in [3.63, 3.8) is 0 Å². The van der Waals surface area contributed by atoms with E-state index in [2.05, 4.69) is 90.2 Å². The Hall–Kier alpha value is -2.58. The molecule has 0 spiro atoms. The number of aromatic nitrogens is 1. The Morgan fingerprint density at radius 2 is 1.96 bits per heavy atom. The Balaban J connectivity index is 1.45. The third-order valence-electron chi connectivity index (χ3n) is 5.02. The topological polar surface area (TPSA) is 27.8 Å². The summed E-state index contributed by atoms with van der Waals surface area (Å²) in [6, 6.07) is 17.7. The predicted octanol–water partition coefficient (Wildman–Crippen LogP) is 5.33. The van der Waals surface area contributed by atoms with Crippen molar-refractivity contribution in [2.24, 2.45) is 0 Å². The second-order valence-electron chi connectivity index (χ2n) is 6.78. The number of nitrogens with one attached hydrogen (secondary N) is 2.